The Morgan fingerprint density at radius 1 is 0.793 bits per heavy atom. The molecule has 0 amide bonds. The topological polar surface area (TPSA) is 91.3 Å². The second-order valence-electron chi connectivity index (χ2n) is 5.49. The van der Waals surface area contributed by atoms with Crippen LogP contribution >= 0.6 is 23.5 Å². The zero-order valence-corrected chi connectivity index (χ0v) is 17.5. The molecule has 0 spiro atoms. The van der Waals surface area contributed by atoms with Gasteiger partial charge in [0.1, 0.15) is 17.2 Å². The third-order valence-corrected chi connectivity index (χ3v) is 4.84. The molecule has 0 bridgehead atoms. The van der Waals surface area contributed by atoms with E-state index in [0.717, 1.165) is 29.1 Å². The van der Waals surface area contributed by atoms with Crippen LogP contribution in [0.15, 0.2) is 48.5 Å². The standard InChI is InChI=1S/C20H22O7S2/c1-24-16-6-8-18(9-7-16)27-20(23)29-13-11-25-10-12-28-19(22)26-17-4-2-15(14-21)3-5-17/h2-9,21H,10-14H2,1H3. The highest BCUT2D eigenvalue weighted by molar-refractivity contribution is 8.13. The molecule has 7 nitrogen and oxygen atoms in total. The molecule has 0 atom stereocenters. The van der Waals surface area contributed by atoms with Crippen molar-refractivity contribution in [2.24, 2.45) is 0 Å². The Morgan fingerprint density at radius 3 is 1.69 bits per heavy atom. The summed E-state index contributed by atoms with van der Waals surface area (Å²) in [6, 6.07) is 13.4. The van der Waals surface area contributed by atoms with E-state index >= 15 is 0 Å². The molecule has 2 aromatic carbocycles. The van der Waals surface area contributed by atoms with Gasteiger partial charge < -0.3 is 24.1 Å². The molecule has 0 radical (unpaired) electrons. The van der Waals surface area contributed by atoms with Gasteiger partial charge >= 0.3 is 10.6 Å². The molecule has 0 unspecified atom stereocenters. The van der Waals surface area contributed by atoms with Crippen molar-refractivity contribution >= 4 is 34.1 Å². The van der Waals surface area contributed by atoms with E-state index in [-0.39, 0.29) is 6.61 Å². The number of carbonyl (C=O) groups excluding carboxylic acids is 2. The van der Waals surface area contributed by atoms with Crippen LogP contribution in [0.5, 0.6) is 17.2 Å². The maximum absolute atomic E-state index is 11.7. The molecular formula is C20H22O7S2. The Labute approximate surface area is 177 Å². The molecule has 2 rings (SSSR count). The average molecular weight is 439 g/mol. The van der Waals surface area contributed by atoms with E-state index in [1.54, 1.807) is 55.6 Å². The van der Waals surface area contributed by atoms with Crippen LogP contribution in [0.1, 0.15) is 5.56 Å². The average Bonchev–Trinajstić information content (AvgIpc) is 2.74. The van der Waals surface area contributed by atoms with Gasteiger partial charge in [0.2, 0.25) is 0 Å². The minimum atomic E-state index is -0.428. The van der Waals surface area contributed by atoms with Crippen LogP contribution < -0.4 is 14.2 Å². The van der Waals surface area contributed by atoms with Crippen LogP contribution in [0, 0.1) is 0 Å². The summed E-state index contributed by atoms with van der Waals surface area (Å²) in [5.74, 6) is 2.44. The Morgan fingerprint density at radius 2 is 1.24 bits per heavy atom. The third-order valence-electron chi connectivity index (χ3n) is 3.46. The van der Waals surface area contributed by atoms with Crippen LogP contribution in [-0.4, -0.2) is 47.5 Å². The van der Waals surface area contributed by atoms with Gasteiger partial charge in [-0.2, -0.15) is 0 Å². The van der Waals surface area contributed by atoms with Crippen molar-refractivity contribution < 1.29 is 33.6 Å². The van der Waals surface area contributed by atoms with Gasteiger partial charge in [-0.3, -0.25) is 0 Å². The first-order valence-electron chi connectivity index (χ1n) is 8.71. The molecule has 29 heavy (non-hydrogen) atoms. The van der Waals surface area contributed by atoms with Crippen molar-refractivity contribution in [2.45, 2.75) is 6.61 Å². The van der Waals surface area contributed by atoms with Crippen LogP contribution in [0.25, 0.3) is 0 Å². The van der Waals surface area contributed by atoms with Crippen LogP contribution in [0.4, 0.5) is 9.59 Å². The van der Waals surface area contributed by atoms with Crippen molar-refractivity contribution in [1.29, 1.82) is 0 Å². The monoisotopic (exact) mass is 438 g/mol. The quantitative estimate of drug-likeness (QED) is 0.429. The van der Waals surface area contributed by atoms with Gasteiger partial charge in [0.15, 0.2) is 0 Å². The second-order valence-corrected chi connectivity index (χ2v) is 7.55. The number of aliphatic hydroxyl groups is 1. The molecule has 9 heteroatoms. The molecule has 0 heterocycles. The molecule has 0 saturated carbocycles. The van der Waals surface area contributed by atoms with E-state index in [0.29, 0.717) is 42.0 Å². The summed E-state index contributed by atoms with van der Waals surface area (Å²) in [6.45, 7) is 0.662. The van der Waals surface area contributed by atoms with Crippen molar-refractivity contribution in [3.05, 3.63) is 54.1 Å². The van der Waals surface area contributed by atoms with E-state index < -0.39 is 10.6 Å². The maximum Gasteiger partial charge on any atom is 0.372 e. The minimum Gasteiger partial charge on any atom is -0.497 e. The summed E-state index contributed by atoms with van der Waals surface area (Å²) in [5, 5.41) is 8.13. The Hall–Kier alpha value is -2.20. The summed E-state index contributed by atoms with van der Waals surface area (Å²) in [4.78, 5) is 23.5. The maximum atomic E-state index is 11.7. The minimum absolute atomic E-state index is 0.0577. The van der Waals surface area contributed by atoms with Crippen LogP contribution in [0.3, 0.4) is 0 Å². The van der Waals surface area contributed by atoms with Gasteiger partial charge in [-0.15, -0.1) is 0 Å². The number of hydrogen-bond acceptors (Lipinski definition) is 9. The Bertz CT molecular complexity index is 698. The molecule has 0 fully saturated rings. The van der Waals surface area contributed by atoms with E-state index in [4.69, 9.17) is 24.1 Å². The van der Waals surface area contributed by atoms with Gasteiger partial charge in [-0.1, -0.05) is 12.1 Å². The van der Waals surface area contributed by atoms with Gasteiger partial charge in [0.25, 0.3) is 0 Å². The van der Waals surface area contributed by atoms with Gasteiger partial charge in [0, 0.05) is 11.5 Å². The van der Waals surface area contributed by atoms with Crippen molar-refractivity contribution in [2.75, 3.05) is 31.8 Å². The van der Waals surface area contributed by atoms with Crippen LogP contribution in [0.2, 0.25) is 0 Å². The van der Waals surface area contributed by atoms with E-state index in [1.165, 1.54) is 0 Å². The number of carbonyl (C=O) groups is 2. The molecule has 0 aliphatic heterocycles. The molecule has 156 valence electrons. The smallest absolute Gasteiger partial charge is 0.372 e. The molecule has 1 N–H and O–H groups in total. The predicted octanol–water partition coefficient (Wildman–Crippen LogP) is 4.37. The largest absolute Gasteiger partial charge is 0.497 e. The first-order chi connectivity index (χ1) is 14.1. The molecule has 0 aliphatic carbocycles. The number of rotatable bonds is 10. The molecular weight excluding hydrogens is 416 g/mol. The third kappa shape index (κ3) is 9.23. The van der Waals surface area contributed by atoms with Crippen LogP contribution in [-0.2, 0) is 11.3 Å². The number of hydrogen-bond donors (Lipinski definition) is 1. The lowest BCUT2D eigenvalue weighted by Gasteiger charge is -2.06. The normalized spacial score (nSPS) is 10.4. The summed E-state index contributed by atoms with van der Waals surface area (Å²) in [6.07, 6.45) is 0. The number of benzene rings is 2. The molecule has 2 aromatic rings. The predicted molar refractivity (Wildman–Crippen MR) is 113 cm³/mol. The van der Waals surface area contributed by atoms with Gasteiger partial charge in [0.05, 0.1) is 26.9 Å². The summed E-state index contributed by atoms with van der Waals surface area (Å²) < 4.78 is 20.8. The highest BCUT2D eigenvalue weighted by Gasteiger charge is 2.07. The molecule has 0 aliphatic rings. The number of methoxy groups -OCH3 is 1. The van der Waals surface area contributed by atoms with E-state index in [2.05, 4.69) is 0 Å². The first-order valence-corrected chi connectivity index (χ1v) is 10.7. The summed E-state index contributed by atoms with van der Waals surface area (Å²) in [7, 11) is 1.57. The van der Waals surface area contributed by atoms with E-state index in [9.17, 15) is 9.59 Å². The molecule has 0 saturated heterocycles. The molecule has 0 aromatic heterocycles. The van der Waals surface area contributed by atoms with Crippen molar-refractivity contribution in [1.82, 2.24) is 0 Å². The number of aliphatic hydroxyl groups excluding tert-OH is 1. The highest BCUT2D eigenvalue weighted by atomic mass is 32.2. The zero-order chi connectivity index (χ0) is 20.9. The van der Waals surface area contributed by atoms with Gasteiger partial charge in [-0.25, -0.2) is 9.59 Å². The summed E-state index contributed by atoms with van der Waals surface area (Å²) in [5.41, 5.74) is 0.747. The van der Waals surface area contributed by atoms with Crippen molar-refractivity contribution in [3.63, 3.8) is 0 Å². The second kappa shape index (κ2) is 13.1. The fraction of sp³-hybridized carbons (Fsp3) is 0.300. The fourth-order valence-electron chi connectivity index (χ4n) is 2.03. The lowest BCUT2D eigenvalue weighted by molar-refractivity contribution is 0.167. The summed E-state index contributed by atoms with van der Waals surface area (Å²) >= 11 is 2.02. The lowest BCUT2D eigenvalue weighted by atomic mass is 10.2. The Balaban J connectivity index is 1.50. The van der Waals surface area contributed by atoms with Crippen molar-refractivity contribution in [3.8, 4) is 17.2 Å². The fourth-order valence-corrected chi connectivity index (χ4v) is 3.07. The number of ether oxygens (including phenoxy) is 4. The van der Waals surface area contributed by atoms with E-state index in [1.807, 2.05) is 0 Å². The lowest BCUT2D eigenvalue weighted by Crippen LogP contribution is -2.08. The zero-order valence-electron chi connectivity index (χ0n) is 15.9. The first kappa shape index (κ1) is 23.1. The number of thioether (sulfide) groups is 2. The SMILES string of the molecule is COc1ccc(OC(=O)SCCOCCSC(=O)Oc2ccc(CO)cc2)cc1. The van der Waals surface area contributed by atoms with Gasteiger partial charge in [-0.05, 0) is 65.5 Å². The Kier molecular flexibility index (Phi) is 10.4. The highest BCUT2D eigenvalue weighted by Crippen LogP contribution is 2.19.